The number of aryl methyl sites for hydroxylation is 1. The fourth-order valence-electron chi connectivity index (χ4n) is 2.24. The zero-order valence-corrected chi connectivity index (χ0v) is 14.3. The van der Waals surface area contributed by atoms with Gasteiger partial charge in [-0.25, -0.2) is 8.42 Å². The molecule has 1 unspecified atom stereocenters. The number of sulfone groups is 1. The fourth-order valence-corrected chi connectivity index (χ4v) is 4.33. The summed E-state index contributed by atoms with van der Waals surface area (Å²) < 4.78 is 23.6. The second-order valence-electron chi connectivity index (χ2n) is 5.32. The van der Waals surface area contributed by atoms with Gasteiger partial charge in [0.25, 0.3) is 0 Å². The molecule has 0 spiro atoms. The van der Waals surface area contributed by atoms with Crippen molar-refractivity contribution in [3.8, 4) is 0 Å². The minimum absolute atomic E-state index is 0.0173. The van der Waals surface area contributed by atoms with E-state index in [0.717, 1.165) is 15.7 Å². The summed E-state index contributed by atoms with van der Waals surface area (Å²) in [4.78, 5) is 11.8. The summed E-state index contributed by atoms with van der Waals surface area (Å²) in [6.45, 7) is 2.47. The number of nitrogens with one attached hydrogen (secondary N) is 2. The van der Waals surface area contributed by atoms with Crippen LogP contribution >= 0.6 is 15.9 Å². The molecule has 0 aliphatic carbocycles. The molecule has 2 rings (SSSR count). The molecule has 0 radical (unpaired) electrons. The minimum atomic E-state index is -2.87. The number of benzene rings is 1. The first-order valence-electron chi connectivity index (χ1n) is 6.85. The smallest absolute Gasteiger partial charge is 0.225 e. The van der Waals surface area contributed by atoms with Crippen LogP contribution in [0.25, 0.3) is 0 Å². The van der Waals surface area contributed by atoms with Gasteiger partial charge in [0.05, 0.1) is 11.5 Å². The van der Waals surface area contributed by atoms with Gasteiger partial charge in [-0.15, -0.1) is 0 Å². The van der Waals surface area contributed by atoms with Crippen LogP contribution in [0.5, 0.6) is 0 Å². The molecular formula is C14H19BrN2O3S. The number of amides is 1. The first-order chi connectivity index (χ1) is 9.85. The zero-order valence-electron chi connectivity index (χ0n) is 11.9. The van der Waals surface area contributed by atoms with Crippen LogP contribution in [0.15, 0.2) is 22.7 Å². The van der Waals surface area contributed by atoms with Gasteiger partial charge in [0.15, 0.2) is 9.84 Å². The molecule has 116 valence electrons. The van der Waals surface area contributed by atoms with E-state index < -0.39 is 9.84 Å². The average molecular weight is 375 g/mol. The van der Waals surface area contributed by atoms with Gasteiger partial charge in [-0.2, -0.15) is 0 Å². The highest BCUT2D eigenvalue weighted by Crippen LogP contribution is 2.20. The zero-order chi connectivity index (χ0) is 15.5. The quantitative estimate of drug-likeness (QED) is 0.824. The van der Waals surface area contributed by atoms with Crippen LogP contribution in [-0.2, 0) is 14.6 Å². The molecule has 0 aromatic heterocycles. The number of carbonyl (C=O) groups is 1. The summed E-state index contributed by atoms with van der Waals surface area (Å²) in [6, 6.07) is 5.64. The Morgan fingerprint density at radius 1 is 1.43 bits per heavy atom. The van der Waals surface area contributed by atoms with Gasteiger partial charge < -0.3 is 10.6 Å². The number of carbonyl (C=O) groups excluding carboxylic acids is 1. The lowest BCUT2D eigenvalue weighted by Gasteiger charge is -2.11. The third-order valence-electron chi connectivity index (χ3n) is 3.47. The standard InChI is InChI=1S/C14H19BrN2O3S/c1-10-2-3-11(8-13(10)15)17-14(18)4-6-16-12-5-7-21(19,20)9-12/h2-3,8,12,16H,4-7,9H2,1H3,(H,17,18). The van der Waals surface area contributed by atoms with Crippen LogP contribution in [0.4, 0.5) is 5.69 Å². The summed E-state index contributed by atoms with van der Waals surface area (Å²) >= 11 is 3.42. The molecule has 1 aliphatic heterocycles. The van der Waals surface area contributed by atoms with Gasteiger partial charge in [-0.1, -0.05) is 22.0 Å². The predicted octanol–water partition coefficient (Wildman–Crippen LogP) is 1.86. The molecule has 5 nitrogen and oxygen atoms in total. The van der Waals surface area contributed by atoms with Crippen molar-refractivity contribution < 1.29 is 13.2 Å². The first kappa shape index (κ1) is 16.5. The lowest BCUT2D eigenvalue weighted by atomic mass is 10.2. The molecule has 1 fully saturated rings. The molecule has 1 atom stereocenters. The molecule has 1 amide bonds. The largest absolute Gasteiger partial charge is 0.326 e. The second-order valence-corrected chi connectivity index (χ2v) is 8.40. The van der Waals surface area contributed by atoms with Gasteiger partial charge in [-0.3, -0.25) is 4.79 Å². The van der Waals surface area contributed by atoms with Crippen molar-refractivity contribution in [2.24, 2.45) is 0 Å². The van der Waals surface area contributed by atoms with E-state index in [-0.39, 0.29) is 23.5 Å². The third-order valence-corrected chi connectivity index (χ3v) is 6.10. The lowest BCUT2D eigenvalue weighted by molar-refractivity contribution is -0.116. The normalized spacial score (nSPS) is 20.4. The van der Waals surface area contributed by atoms with Crippen molar-refractivity contribution in [2.75, 3.05) is 23.4 Å². The highest BCUT2D eigenvalue weighted by Gasteiger charge is 2.27. The number of rotatable bonds is 5. The highest BCUT2D eigenvalue weighted by molar-refractivity contribution is 9.10. The second kappa shape index (κ2) is 6.89. The van der Waals surface area contributed by atoms with Crippen molar-refractivity contribution in [3.05, 3.63) is 28.2 Å². The van der Waals surface area contributed by atoms with E-state index in [1.807, 2.05) is 25.1 Å². The predicted molar refractivity (Wildman–Crippen MR) is 87.2 cm³/mol. The van der Waals surface area contributed by atoms with Gasteiger partial charge in [0.1, 0.15) is 0 Å². The molecule has 1 aliphatic rings. The number of hydrogen-bond acceptors (Lipinski definition) is 4. The Morgan fingerprint density at radius 2 is 2.19 bits per heavy atom. The number of halogens is 1. The SMILES string of the molecule is Cc1ccc(NC(=O)CCNC2CCS(=O)(=O)C2)cc1Br. The Hall–Kier alpha value is -0.920. The Bertz CT molecular complexity index is 631. The van der Waals surface area contributed by atoms with Crippen LogP contribution in [0.3, 0.4) is 0 Å². The van der Waals surface area contributed by atoms with E-state index in [1.54, 1.807) is 0 Å². The molecule has 1 heterocycles. The fraction of sp³-hybridized carbons (Fsp3) is 0.500. The lowest BCUT2D eigenvalue weighted by Crippen LogP contribution is -2.32. The van der Waals surface area contributed by atoms with Crippen LogP contribution in [0.1, 0.15) is 18.4 Å². The topological polar surface area (TPSA) is 75.3 Å². The average Bonchev–Trinajstić information content (AvgIpc) is 2.73. The maximum absolute atomic E-state index is 11.8. The van der Waals surface area contributed by atoms with Crippen LogP contribution in [0, 0.1) is 6.92 Å². The van der Waals surface area contributed by atoms with Gasteiger partial charge >= 0.3 is 0 Å². The highest BCUT2D eigenvalue weighted by atomic mass is 79.9. The number of hydrogen-bond donors (Lipinski definition) is 2. The maximum atomic E-state index is 11.8. The van der Waals surface area contributed by atoms with E-state index in [4.69, 9.17) is 0 Å². The van der Waals surface area contributed by atoms with Gasteiger partial charge in [-0.05, 0) is 31.0 Å². The van der Waals surface area contributed by atoms with Crippen LogP contribution in [0.2, 0.25) is 0 Å². The van der Waals surface area contributed by atoms with Crippen molar-refractivity contribution in [2.45, 2.75) is 25.8 Å². The molecule has 7 heteroatoms. The molecule has 1 aromatic rings. The maximum Gasteiger partial charge on any atom is 0.225 e. The van der Waals surface area contributed by atoms with E-state index in [2.05, 4.69) is 26.6 Å². The first-order valence-corrected chi connectivity index (χ1v) is 9.47. The van der Waals surface area contributed by atoms with E-state index in [0.29, 0.717) is 19.4 Å². The summed E-state index contributed by atoms with van der Waals surface area (Å²) in [6.07, 6.45) is 0.955. The monoisotopic (exact) mass is 374 g/mol. The molecule has 21 heavy (non-hydrogen) atoms. The van der Waals surface area contributed by atoms with Gasteiger partial charge in [0.2, 0.25) is 5.91 Å². The van der Waals surface area contributed by atoms with Crippen LogP contribution in [-0.4, -0.2) is 38.4 Å². The molecule has 0 saturated carbocycles. The molecule has 1 aromatic carbocycles. The summed E-state index contributed by atoms with van der Waals surface area (Å²) in [5.74, 6) is 0.340. The number of anilines is 1. The molecular weight excluding hydrogens is 356 g/mol. The Morgan fingerprint density at radius 3 is 2.81 bits per heavy atom. The summed E-state index contributed by atoms with van der Waals surface area (Å²) in [7, 11) is -2.87. The van der Waals surface area contributed by atoms with Crippen LogP contribution < -0.4 is 10.6 Å². The Balaban J connectivity index is 1.74. The van der Waals surface area contributed by atoms with E-state index in [9.17, 15) is 13.2 Å². The van der Waals surface area contributed by atoms with E-state index in [1.165, 1.54) is 0 Å². The Labute approximate surface area is 133 Å². The van der Waals surface area contributed by atoms with Gasteiger partial charge in [0, 0.05) is 29.2 Å². The summed E-state index contributed by atoms with van der Waals surface area (Å²) in [5, 5.41) is 5.95. The van der Waals surface area contributed by atoms with Crippen molar-refractivity contribution >= 4 is 37.4 Å². The Kier molecular flexibility index (Phi) is 5.40. The molecule has 2 N–H and O–H groups in total. The third kappa shape index (κ3) is 5.09. The summed E-state index contributed by atoms with van der Waals surface area (Å²) in [5.41, 5.74) is 1.86. The van der Waals surface area contributed by atoms with Crippen molar-refractivity contribution in [1.29, 1.82) is 0 Å². The molecule has 1 saturated heterocycles. The minimum Gasteiger partial charge on any atom is -0.326 e. The van der Waals surface area contributed by atoms with Crippen molar-refractivity contribution in [3.63, 3.8) is 0 Å². The van der Waals surface area contributed by atoms with Crippen molar-refractivity contribution in [1.82, 2.24) is 5.32 Å². The molecule has 0 bridgehead atoms. The van der Waals surface area contributed by atoms with E-state index >= 15 is 0 Å².